The highest BCUT2D eigenvalue weighted by molar-refractivity contribution is 5.90. The molecule has 1 aromatic heterocycles. The molecular formula is C15H16N4O. The lowest BCUT2D eigenvalue weighted by Gasteiger charge is -2.12. The number of hydrogen-bond donors (Lipinski definition) is 2. The molecule has 0 radical (unpaired) electrons. The Morgan fingerprint density at radius 1 is 1.25 bits per heavy atom. The number of aromatic nitrogens is 3. The van der Waals surface area contributed by atoms with Crippen molar-refractivity contribution in [2.24, 2.45) is 0 Å². The van der Waals surface area contributed by atoms with Gasteiger partial charge in [0.25, 0.3) is 5.91 Å². The molecule has 0 bridgehead atoms. The molecular weight excluding hydrogens is 252 g/mol. The molecule has 0 spiro atoms. The summed E-state index contributed by atoms with van der Waals surface area (Å²) >= 11 is 0. The summed E-state index contributed by atoms with van der Waals surface area (Å²) in [7, 11) is 0. The third-order valence-electron chi connectivity index (χ3n) is 4.11. The first-order valence-electron chi connectivity index (χ1n) is 7.12. The van der Waals surface area contributed by atoms with E-state index in [2.05, 4.69) is 32.6 Å². The number of hydrogen-bond acceptors (Lipinski definition) is 3. The second kappa shape index (κ2) is 4.44. The summed E-state index contributed by atoms with van der Waals surface area (Å²) in [4.78, 5) is 16.5. The Bertz CT molecular complexity index is 659. The Morgan fingerprint density at radius 3 is 2.95 bits per heavy atom. The van der Waals surface area contributed by atoms with Gasteiger partial charge < -0.3 is 5.32 Å². The van der Waals surface area contributed by atoms with E-state index in [1.807, 2.05) is 12.1 Å². The summed E-state index contributed by atoms with van der Waals surface area (Å²) in [5, 5.41) is 9.94. The zero-order chi connectivity index (χ0) is 13.5. The lowest BCUT2D eigenvalue weighted by molar-refractivity contribution is 0.0926. The van der Waals surface area contributed by atoms with Crippen molar-refractivity contribution in [2.45, 2.75) is 37.6 Å². The third kappa shape index (κ3) is 1.99. The van der Waals surface area contributed by atoms with Crippen molar-refractivity contribution < 1.29 is 4.79 Å². The average molecular weight is 268 g/mol. The molecule has 2 N–H and O–H groups in total. The van der Waals surface area contributed by atoms with Gasteiger partial charge in [0.1, 0.15) is 5.82 Å². The highest BCUT2D eigenvalue weighted by Gasteiger charge is 2.29. The number of H-pyrrole nitrogens is 1. The van der Waals surface area contributed by atoms with E-state index < -0.39 is 0 Å². The molecule has 1 amide bonds. The number of carbonyl (C=O) groups is 1. The smallest absolute Gasteiger partial charge is 0.291 e. The van der Waals surface area contributed by atoms with Crippen molar-refractivity contribution in [3.63, 3.8) is 0 Å². The minimum atomic E-state index is -0.185. The maximum absolute atomic E-state index is 12.2. The van der Waals surface area contributed by atoms with E-state index in [1.165, 1.54) is 11.1 Å². The normalized spacial score (nSPS) is 20.7. The van der Waals surface area contributed by atoms with Gasteiger partial charge in [-0.05, 0) is 36.8 Å². The van der Waals surface area contributed by atoms with Gasteiger partial charge >= 0.3 is 0 Å². The fourth-order valence-corrected chi connectivity index (χ4v) is 2.85. The van der Waals surface area contributed by atoms with E-state index in [0.29, 0.717) is 5.92 Å². The SMILES string of the molecule is O=C(NC1CCc2ccccc21)c1n[nH]c(C2CC2)n1. The summed E-state index contributed by atoms with van der Waals surface area (Å²) in [6.45, 7) is 0. The van der Waals surface area contributed by atoms with Crippen LogP contribution in [0.3, 0.4) is 0 Å². The zero-order valence-electron chi connectivity index (χ0n) is 11.1. The molecule has 5 heteroatoms. The Balaban J connectivity index is 1.50. The summed E-state index contributed by atoms with van der Waals surface area (Å²) in [6, 6.07) is 8.35. The number of aryl methyl sites for hydroxylation is 1. The van der Waals surface area contributed by atoms with Crippen molar-refractivity contribution in [3.8, 4) is 0 Å². The molecule has 1 saturated carbocycles. The summed E-state index contributed by atoms with van der Waals surface area (Å²) < 4.78 is 0. The van der Waals surface area contributed by atoms with Gasteiger partial charge in [0.15, 0.2) is 0 Å². The third-order valence-corrected chi connectivity index (χ3v) is 4.11. The van der Waals surface area contributed by atoms with Gasteiger partial charge in [-0.1, -0.05) is 24.3 Å². The molecule has 4 rings (SSSR count). The van der Waals surface area contributed by atoms with Crippen LogP contribution in [0.4, 0.5) is 0 Å². The highest BCUT2D eigenvalue weighted by Crippen LogP contribution is 2.37. The van der Waals surface area contributed by atoms with Crippen molar-refractivity contribution in [1.29, 1.82) is 0 Å². The first-order chi connectivity index (χ1) is 9.81. The lowest BCUT2D eigenvalue weighted by Crippen LogP contribution is -2.28. The first kappa shape index (κ1) is 11.6. The second-order valence-corrected chi connectivity index (χ2v) is 5.58. The number of aromatic amines is 1. The van der Waals surface area contributed by atoms with E-state index in [-0.39, 0.29) is 17.8 Å². The molecule has 0 aliphatic heterocycles. The van der Waals surface area contributed by atoms with Crippen molar-refractivity contribution >= 4 is 5.91 Å². The molecule has 2 aliphatic carbocycles. The van der Waals surface area contributed by atoms with Crippen LogP contribution >= 0.6 is 0 Å². The van der Waals surface area contributed by atoms with Crippen LogP contribution in [0.25, 0.3) is 0 Å². The lowest BCUT2D eigenvalue weighted by atomic mass is 10.1. The number of nitrogens with zero attached hydrogens (tertiary/aromatic N) is 2. The second-order valence-electron chi connectivity index (χ2n) is 5.58. The molecule has 2 aromatic rings. The summed E-state index contributed by atoms with van der Waals surface area (Å²) in [6.07, 6.45) is 4.26. The minimum Gasteiger partial charge on any atom is -0.342 e. The number of rotatable bonds is 3. The summed E-state index contributed by atoms with van der Waals surface area (Å²) in [5.74, 6) is 1.41. The molecule has 20 heavy (non-hydrogen) atoms. The molecule has 102 valence electrons. The van der Waals surface area contributed by atoms with E-state index in [1.54, 1.807) is 0 Å². The largest absolute Gasteiger partial charge is 0.342 e. The molecule has 2 aliphatic rings. The van der Waals surface area contributed by atoms with E-state index >= 15 is 0 Å². The van der Waals surface area contributed by atoms with Gasteiger partial charge in [-0.2, -0.15) is 0 Å². The fraction of sp³-hybridized carbons (Fsp3) is 0.400. The van der Waals surface area contributed by atoms with Gasteiger partial charge in [0.2, 0.25) is 5.82 Å². The molecule has 1 atom stereocenters. The molecule has 1 fully saturated rings. The standard InChI is InChI=1S/C15H16N4O/c20-15(14-17-13(18-19-14)10-5-6-10)16-12-8-7-9-3-1-2-4-11(9)12/h1-4,10,12H,5-8H2,(H,16,20)(H,17,18,19). The van der Waals surface area contributed by atoms with Crippen LogP contribution in [-0.4, -0.2) is 21.1 Å². The Morgan fingerprint density at radius 2 is 2.10 bits per heavy atom. The van der Waals surface area contributed by atoms with E-state index in [0.717, 1.165) is 31.5 Å². The molecule has 1 unspecified atom stereocenters. The molecule has 0 saturated heterocycles. The minimum absolute atomic E-state index is 0.0848. The van der Waals surface area contributed by atoms with Crippen LogP contribution in [-0.2, 0) is 6.42 Å². The number of amides is 1. The average Bonchev–Trinajstić information content (AvgIpc) is 3.06. The van der Waals surface area contributed by atoms with Gasteiger partial charge in [0.05, 0.1) is 6.04 Å². The van der Waals surface area contributed by atoms with Crippen LogP contribution in [0.1, 0.15) is 58.8 Å². The Labute approximate surface area is 116 Å². The van der Waals surface area contributed by atoms with Gasteiger partial charge in [-0.15, -0.1) is 5.10 Å². The van der Waals surface area contributed by atoms with Crippen molar-refractivity contribution in [2.75, 3.05) is 0 Å². The predicted octanol–water partition coefficient (Wildman–Crippen LogP) is 2.10. The topological polar surface area (TPSA) is 70.7 Å². The van der Waals surface area contributed by atoms with E-state index in [9.17, 15) is 4.79 Å². The fourth-order valence-electron chi connectivity index (χ4n) is 2.85. The van der Waals surface area contributed by atoms with Crippen LogP contribution in [0.5, 0.6) is 0 Å². The van der Waals surface area contributed by atoms with E-state index in [4.69, 9.17) is 0 Å². The van der Waals surface area contributed by atoms with Gasteiger partial charge in [0, 0.05) is 5.92 Å². The first-order valence-corrected chi connectivity index (χ1v) is 7.12. The Kier molecular flexibility index (Phi) is 2.58. The number of nitrogens with one attached hydrogen (secondary N) is 2. The molecule has 5 nitrogen and oxygen atoms in total. The maximum Gasteiger partial charge on any atom is 0.291 e. The van der Waals surface area contributed by atoms with Gasteiger partial charge in [-0.3, -0.25) is 9.89 Å². The number of fused-ring (bicyclic) bond motifs is 1. The van der Waals surface area contributed by atoms with Crippen LogP contribution in [0.2, 0.25) is 0 Å². The van der Waals surface area contributed by atoms with Crippen molar-refractivity contribution in [3.05, 3.63) is 47.0 Å². The number of carbonyl (C=O) groups excluding carboxylic acids is 1. The molecule has 1 aromatic carbocycles. The predicted molar refractivity (Wildman–Crippen MR) is 73.3 cm³/mol. The van der Waals surface area contributed by atoms with Crippen molar-refractivity contribution in [1.82, 2.24) is 20.5 Å². The van der Waals surface area contributed by atoms with Gasteiger partial charge in [-0.25, -0.2) is 4.98 Å². The van der Waals surface area contributed by atoms with Crippen LogP contribution in [0, 0.1) is 0 Å². The van der Waals surface area contributed by atoms with Crippen LogP contribution in [0.15, 0.2) is 24.3 Å². The molecule has 1 heterocycles. The Hall–Kier alpha value is -2.17. The monoisotopic (exact) mass is 268 g/mol. The number of benzene rings is 1. The maximum atomic E-state index is 12.2. The van der Waals surface area contributed by atoms with Crippen LogP contribution < -0.4 is 5.32 Å². The zero-order valence-corrected chi connectivity index (χ0v) is 11.1. The quantitative estimate of drug-likeness (QED) is 0.895. The summed E-state index contributed by atoms with van der Waals surface area (Å²) in [5.41, 5.74) is 2.55. The highest BCUT2D eigenvalue weighted by atomic mass is 16.2.